The molecule has 0 atom stereocenters. The van der Waals surface area contributed by atoms with E-state index in [4.69, 9.17) is 9.47 Å². The zero-order chi connectivity index (χ0) is 18.2. The van der Waals surface area contributed by atoms with Gasteiger partial charge in [0.15, 0.2) is 17.4 Å². The van der Waals surface area contributed by atoms with Crippen LogP contribution >= 0.6 is 0 Å². The van der Waals surface area contributed by atoms with Crippen molar-refractivity contribution in [1.82, 2.24) is 9.88 Å². The first-order valence-corrected chi connectivity index (χ1v) is 7.93. The van der Waals surface area contributed by atoms with E-state index in [1.165, 1.54) is 18.3 Å². The van der Waals surface area contributed by atoms with E-state index in [9.17, 15) is 9.60 Å². The van der Waals surface area contributed by atoms with Crippen molar-refractivity contribution in [2.75, 3.05) is 20.3 Å². The van der Waals surface area contributed by atoms with Crippen molar-refractivity contribution in [1.29, 1.82) is 0 Å². The Bertz CT molecular complexity index is 722. The average Bonchev–Trinajstić information content (AvgIpc) is 2.61. The summed E-state index contributed by atoms with van der Waals surface area (Å²) < 4.78 is 24.6. The maximum absolute atomic E-state index is 13.9. The lowest BCUT2D eigenvalue weighted by atomic mass is 10.2. The number of para-hydroxylation sites is 1. The number of hydrogen-bond donors (Lipinski definition) is 1. The Morgan fingerprint density at radius 3 is 2.68 bits per heavy atom. The van der Waals surface area contributed by atoms with Gasteiger partial charge in [0.25, 0.3) is 0 Å². The van der Waals surface area contributed by atoms with E-state index in [2.05, 4.69) is 10.1 Å². The van der Waals surface area contributed by atoms with Gasteiger partial charge in [-0.25, -0.2) is 9.37 Å². The van der Waals surface area contributed by atoms with Crippen molar-refractivity contribution in [3.8, 4) is 11.6 Å². The van der Waals surface area contributed by atoms with Gasteiger partial charge in [0.1, 0.15) is 0 Å². The van der Waals surface area contributed by atoms with E-state index in [0.29, 0.717) is 18.7 Å². The smallest absolute Gasteiger partial charge is 0.230 e. The number of rotatable bonds is 7. The number of halogens is 1. The molecule has 1 heterocycles. The Morgan fingerprint density at radius 1 is 1.28 bits per heavy atom. The summed E-state index contributed by atoms with van der Waals surface area (Å²) in [5.41, 5.74) is 0.457. The Labute approximate surface area is 146 Å². The second-order valence-corrected chi connectivity index (χ2v) is 5.59. The van der Waals surface area contributed by atoms with Gasteiger partial charge in [-0.1, -0.05) is 17.3 Å². The molecule has 0 amide bonds. The van der Waals surface area contributed by atoms with Crippen molar-refractivity contribution in [2.24, 2.45) is 5.16 Å². The zero-order valence-corrected chi connectivity index (χ0v) is 14.5. The molecular formula is C18H22FN3O3. The average molecular weight is 347 g/mol. The summed E-state index contributed by atoms with van der Waals surface area (Å²) in [4.78, 5) is 6.02. The minimum atomic E-state index is -0.498. The predicted octanol–water partition coefficient (Wildman–Crippen LogP) is 3.51. The van der Waals surface area contributed by atoms with Gasteiger partial charge in [-0.15, -0.1) is 0 Å². The number of aromatic nitrogens is 1. The summed E-state index contributed by atoms with van der Waals surface area (Å²) in [5.74, 6) is -0.00984. The first-order chi connectivity index (χ1) is 12.1. The molecule has 2 aromatic rings. The summed E-state index contributed by atoms with van der Waals surface area (Å²) in [6.45, 7) is 4.91. The van der Waals surface area contributed by atoms with Gasteiger partial charge in [-0.2, -0.15) is 0 Å². The summed E-state index contributed by atoms with van der Waals surface area (Å²) in [6, 6.07) is 9.51. The highest BCUT2D eigenvalue weighted by atomic mass is 19.1. The number of amidine groups is 1. The fraction of sp³-hybridized carbons (Fsp3) is 0.333. The lowest BCUT2D eigenvalue weighted by molar-refractivity contribution is 0.164. The third-order valence-electron chi connectivity index (χ3n) is 3.58. The Balaban J connectivity index is 2.38. The van der Waals surface area contributed by atoms with Crippen molar-refractivity contribution < 1.29 is 19.1 Å². The number of nitrogens with zero attached hydrogens (tertiary/aromatic N) is 3. The first-order valence-electron chi connectivity index (χ1n) is 7.93. The molecule has 0 unspecified atom stereocenters. The van der Waals surface area contributed by atoms with Gasteiger partial charge in [0, 0.05) is 25.9 Å². The molecule has 6 nitrogen and oxygen atoms in total. The van der Waals surface area contributed by atoms with Crippen molar-refractivity contribution in [3.63, 3.8) is 0 Å². The number of pyridine rings is 1. The molecular weight excluding hydrogens is 325 g/mol. The van der Waals surface area contributed by atoms with E-state index in [1.807, 2.05) is 18.7 Å². The number of benzene rings is 1. The topological polar surface area (TPSA) is 67.2 Å². The minimum absolute atomic E-state index is 0.0440. The fourth-order valence-electron chi connectivity index (χ4n) is 2.34. The predicted molar refractivity (Wildman–Crippen MR) is 92.8 cm³/mol. The molecule has 0 aliphatic rings. The van der Waals surface area contributed by atoms with Crippen molar-refractivity contribution in [2.45, 2.75) is 19.9 Å². The van der Waals surface area contributed by atoms with Crippen LogP contribution in [0.5, 0.6) is 11.6 Å². The van der Waals surface area contributed by atoms with Gasteiger partial charge < -0.3 is 19.6 Å². The minimum Gasteiger partial charge on any atom is -0.435 e. The second kappa shape index (κ2) is 8.98. The van der Waals surface area contributed by atoms with Crippen LogP contribution in [0.1, 0.15) is 19.4 Å². The Hall–Kier alpha value is -2.67. The highest BCUT2D eigenvalue weighted by molar-refractivity contribution is 6.00. The SMILES string of the molecule is COCCN(/C(=N\O)c1cccnc1Oc1ccccc1F)C(C)C. The lowest BCUT2D eigenvalue weighted by Crippen LogP contribution is -2.40. The molecule has 1 aromatic heterocycles. The molecule has 0 bridgehead atoms. The van der Waals surface area contributed by atoms with Gasteiger partial charge >= 0.3 is 0 Å². The maximum Gasteiger partial charge on any atom is 0.230 e. The second-order valence-electron chi connectivity index (χ2n) is 5.59. The third kappa shape index (κ3) is 4.67. The van der Waals surface area contributed by atoms with Gasteiger partial charge in [-0.3, -0.25) is 0 Å². The summed E-state index contributed by atoms with van der Waals surface area (Å²) >= 11 is 0. The van der Waals surface area contributed by atoms with Gasteiger partial charge in [0.05, 0.1) is 12.2 Å². The molecule has 134 valence electrons. The molecule has 2 rings (SSSR count). The van der Waals surface area contributed by atoms with E-state index in [-0.39, 0.29) is 23.5 Å². The Morgan fingerprint density at radius 2 is 2.04 bits per heavy atom. The molecule has 1 aromatic carbocycles. The van der Waals surface area contributed by atoms with E-state index < -0.39 is 5.82 Å². The van der Waals surface area contributed by atoms with Crippen LogP contribution in [0.3, 0.4) is 0 Å². The summed E-state index contributed by atoms with van der Waals surface area (Å²) in [5, 5.41) is 13.0. The number of ether oxygens (including phenoxy) is 2. The van der Waals surface area contributed by atoms with E-state index in [1.54, 1.807) is 31.4 Å². The van der Waals surface area contributed by atoms with Crippen LogP contribution in [0.15, 0.2) is 47.8 Å². The first kappa shape index (κ1) is 18.7. The molecule has 0 radical (unpaired) electrons. The number of methoxy groups -OCH3 is 1. The standard InChI is InChI=1S/C18H22FN3O3/c1-13(2)22(11-12-24-3)17(21-23)14-7-6-10-20-18(14)25-16-9-5-4-8-15(16)19/h4-10,13,23H,11-12H2,1-3H3/b21-17-. The molecule has 0 aliphatic heterocycles. The quantitative estimate of drug-likeness (QED) is 0.359. The van der Waals surface area contributed by atoms with Gasteiger partial charge in [-0.05, 0) is 38.1 Å². The molecule has 0 aliphatic carbocycles. The summed E-state index contributed by atoms with van der Waals surface area (Å²) in [7, 11) is 1.60. The largest absolute Gasteiger partial charge is 0.435 e. The number of oxime groups is 1. The summed E-state index contributed by atoms with van der Waals surface area (Å²) in [6.07, 6.45) is 1.53. The highest BCUT2D eigenvalue weighted by Crippen LogP contribution is 2.26. The van der Waals surface area contributed by atoms with Crippen molar-refractivity contribution in [3.05, 3.63) is 54.0 Å². The monoisotopic (exact) mass is 347 g/mol. The van der Waals surface area contributed by atoms with Crippen LogP contribution in [0.4, 0.5) is 4.39 Å². The molecule has 7 heteroatoms. The molecule has 0 fully saturated rings. The van der Waals surface area contributed by atoms with Crippen LogP contribution in [0, 0.1) is 5.82 Å². The fourth-order valence-corrected chi connectivity index (χ4v) is 2.34. The molecule has 0 saturated heterocycles. The number of hydrogen-bond acceptors (Lipinski definition) is 5. The van der Waals surface area contributed by atoms with Crippen LogP contribution in [-0.4, -0.2) is 47.2 Å². The molecule has 1 N–H and O–H groups in total. The van der Waals surface area contributed by atoms with Crippen LogP contribution in [0.2, 0.25) is 0 Å². The third-order valence-corrected chi connectivity index (χ3v) is 3.58. The highest BCUT2D eigenvalue weighted by Gasteiger charge is 2.22. The van der Waals surface area contributed by atoms with Crippen LogP contribution < -0.4 is 4.74 Å². The zero-order valence-electron chi connectivity index (χ0n) is 14.5. The van der Waals surface area contributed by atoms with E-state index in [0.717, 1.165) is 0 Å². The van der Waals surface area contributed by atoms with Crippen LogP contribution in [-0.2, 0) is 4.74 Å². The maximum atomic E-state index is 13.9. The van der Waals surface area contributed by atoms with E-state index >= 15 is 0 Å². The molecule has 0 saturated carbocycles. The molecule has 0 spiro atoms. The lowest BCUT2D eigenvalue weighted by Gasteiger charge is -2.29. The van der Waals surface area contributed by atoms with Gasteiger partial charge in [0.2, 0.25) is 5.88 Å². The molecule has 25 heavy (non-hydrogen) atoms. The Kier molecular flexibility index (Phi) is 6.71. The normalized spacial score (nSPS) is 11.6. The van der Waals surface area contributed by atoms with Crippen molar-refractivity contribution >= 4 is 5.84 Å². The van der Waals surface area contributed by atoms with Crippen LogP contribution in [0.25, 0.3) is 0 Å².